The molecule has 2 heteroatoms. The summed E-state index contributed by atoms with van der Waals surface area (Å²) in [4.78, 5) is 0. The Labute approximate surface area is 189 Å². The van der Waals surface area contributed by atoms with Crippen molar-refractivity contribution in [2.45, 2.75) is 37.5 Å². The summed E-state index contributed by atoms with van der Waals surface area (Å²) >= 11 is 0. The van der Waals surface area contributed by atoms with Gasteiger partial charge in [-0.2, -0.15) is 0 Å². The molecule has 0 heterocycles. The summed E-state index contributed by atoms with van der Waals surface area (Å²) in [5.74, 6) is 1.71. The first kappa shape index (κ1) is 20.4. The summed E-state index contributed by atoms with van der Waals surface area (Å²) in [6.45, 7) is 0. The molecule has 2 N–H and O–H groups in total. The molecule has 1 fully saturated rings. The second kappa shape index (κ2) is 8.92. The lowest BCUT2D eigenvalue weighted by atomic mass is 9.75. The monoisotopic (exact) mass is 420 g/mol. The minimum Gasteiger partial charge on any atom is -0.508 e. The Bertz CT molecular complexity index is 1110. The van der Waals surface area contributed by atoms with Crippen LogP contribution in [0.2, 0.25) is 0 Å². The minimum atomic E-state index is 0.327. The molecular weight excluding hydrogens is 392 g/mol. The van der Waals surface area contributed by atoms with Crippen molar-refractivity contribution in [1.29, 1.82) is 0 Å². The predicted octanol–water partition coefficient (Wildman–Crippen LogP) is 7.87. The Morgan fingerprint density at radius 2 is 0.938 bits per heavy atom. The fraction of sp³-hybridized carbons (Fsp3) is 0.200. The number of benzene rings is 4. The van der Waals surface area contributed by atoms with Gasteiger partial charge in [0, 0.05) is 11.1 Å². The van der Waals surface area contributed by atoms with Gasteiger partial charge in [-0.05, 0) is 84.0 Å². The molecule has 0 radical (unpaired) electrons. The lowest BCUT2D eigenvalue weighted by molar-refractivity contribution is 0.395. The highest BCUT2D eigenvalue weighted by molar-refractivity contribution is 5.83. The SMILES string of the molecule is Oc1ccc(C2CCC(c3cc(-c4ccccc4)c(O)c(-c4ccccc4)c3)CC2)cc1. The van der Waals surface area contributed by atoms with Gasteiger partial charge >= 0.3 is 0 Å². The van der Waals surface area contributed by atoms with Crippen molar-refractivity contribution < 1.29 is 10.2 Å². The van der Waals surface area contributed by atoms with E-state index in [-0.39, 0.29) is 0 Å². The first-order valence-electron chi connectivity index (χ1n) is 11.5. The van der Waals surface area contributed by atoms with Crippen LogP contribution >= 0.6 is 0 Å². The summed E-state index contributed by atoms with van der Waals surface area (Å²) in [5, 5.41) is 20.8. The molecule has 4 aromatic rings. The van der Waals surface area contributed by atoms with E-state index >= 15 is 0 Å². The highest BCUT2D eigenvalue weighted by atomic mass is 16.3. The minimum absolute atomic E-state index is 0.327. The molecule has 0 spiro atoms. The molecule has 160 valence electrons. The van der Waals surface area contributed by atoms with E-state index in [4.69, 9.17) is 0 Å². The van der Waals surface area contributed by atoms with Gasteiger partial charge in [0.1, 0.15) is 11.5 Å². The fourth-order valence-corrected chi connectivity index (χ4v) is 5.07. The molecular formula is C30H28O2. The summed E-state index contributed by atoms with van der Waals surface area (Å²) < 4.78 is 0. The Hall–Kier alpha value is -3.52. The van der Waals surface area contributed by atoms with Crippen molar-refractivity contribution in [1.82, 2.24) is 0 Å². The Morgan fingerprint density at radius 3 is 1.41 bits per heavy atom. The topological polar surface area (TPSA) is 40.5 Å². The van der Waals surface area contributed by atoms with Gasteiger partial charge in [-0.15, -0.1) is 0 Å². The average Bonchev–Trinajstić information content (AvgIpc) is 2.86. The van der Waals surface area contributed by atoms with E-state index in [0.29, 0.717) is 23.3 Å². The molecule has 4 aromatic carbocycles. The maximum Gasteiger partial charge on any atom is 0.131 e. The van der Waals surface area contributed by atoms with Crippen LogP contribution < -0.4 is 0 Å². The van der Waals surface area contributed by atoms with Crippen molar-refractivity contribution >= 4 is 0 Å². The van der Waals surface area contributed by atoms with Gasteiger partial charge in [-0.25, -0.2) is 0 Å². The normalized spacial score (nSPS) is 18.4. The quantitative estimate of drug-likeness (QED) is 0.352. The third-order valence-corrected chi connectivity index (χ3v) is 6.86. The maximum atomic E-state index is 11.2. The molecule has 32 heavy (non-hydrogen) atoms. The Morgan fingerprint density at radius 1 is 0.500 bits per heavy atom. The van der Waals surface area contributed by atoms with Crippen LogP contribution in [0.5, 0.6) is 11.5 Å². The molecule has 0 aromatic heterocycles. The molecule has 1 aliphatic rings. The molecule has 2 nitrogen and oxygen atoms in total. The summed E-state index contributed by atoms with van der Waals surface area (Å²) in [5.41, 5.74) is 6.53. The van der Waals surface area contributed by atoms with Crippen LogP contribution in [0.25, 0.3) is 22.3 Å². The van der Waals surface area contributed by atoms with Crippen LogP contribution in [0, 0.1) is 0 Å². The van der Waals surface area contributed by atoms with Crippen LogP contribution in [0.15, 0.2) is 97.1 Å². The number of phenols is 2. The third-order valence-electron chi connectivity index (χ3n) is 6.86. The van der Waals surface area contributed by atoms with E-state index < -0.39 is 0 Å². The van der Waals surface area contributed by atoms with Gasteiger partial charge in [0.2, 0.25) is 0 Å². The smallest absolute Gasteiger partial charge is 0.131 e. The molecule has 1 aliphatic carbocycles. The van der Waals surface area contributed by atoms with Gasteiger partial charge in [0.25, 0.3) is 0 Å². The van der Waals surface area contributed by atoms with Crippen LogP contribution in [-0.4, -0.2) is 10.2 Å². The van der Waals surface area contributed by atoms with E-state index in [1.807, 2.05) is 36.4 Å². The van der Waals surface area contributed by atoms with Crippen LogP contribution in [0.4, 0.5) is 0 Å². The number of rotatable bonds is 4. The van der Waals surface area contributed by atoms with Gasteiger partial charge in [-0.1, -0.05) is 72.8 Å². The van der Waals surface area contributed by atoms with Crippen LogP contribution in [0.1, 0.15) is 48.6 Å². The molecule has 0 atom stereocenters. The van der Waals surface area contributed by atoms with Crippen molar-refractivity contribution in [2.75, 3.05) is 0 Å². The van der Waals surface area contributed by atoms with Gasteiger partial charge in [-0.3, -0.25) is 0 Å². The lowest BCUT2D eigenvalue weighted by Crippen LogP contribution is -2.12. The standard InChI is InChI=1S/C30H28O2/c31-27-17-15-22(16-18-27)21-11-13-23(14-12-21)26-19-28(24-7-3-1-4-8-24)30(32)29(20-26)25-9-5-2-6-10-25/h1-10,15-21,23,31-32H,11-14H2. The average molecular weight is 421 g/mol. The highest BCUT2D eigenvalue weighted by Gasteiger charge is 2.25. The van der Waals surface area contributed by atoms with Gasteiger partial charge < -0.3 is 10.2 Å². The second-order valence-corrected chi connectivity index (χ2v) is 8.84. The molecule has 0 amide bonds. The summed E-state index contributed by atoms with van der Waals surface area (Å²) in [6, 6.07) is 32.4. The van der Waals surface area contributed by atoms with E-state index in [9.17, 15) is 10.2 Å². The zero-order valence-corrected chi connectivity index (χ0v) is 18.1. The molecule has 0 saturated heterocycles. The summed E-state index contributed by atoms with van der Waals surface area (Å²) in [6.07, 6.45) is 4.52. The molecule has 0 aliphatic heterocycles. The largest absolute Gasteiger partial charge is 0.508 e. The van der Waals surface area contributed by atoms with E-state index in [0.717, 1.165) is 47.9 Å². The van der Waals surface area contributed by atoms with Gasteiger partial charge in [0.15, 0.2) is 0 Å². The van der Waals surface area contributed by atoms with E-state index in [1.54, 1.807) is 12.1 Å². The number of phenolic OH excluding ortho intramolecular Hbond substituents is 2. The van der Waals surface area contributed by atoms with Crippen molar-refractivity contribution in [3.63, 3.8) is 0 Å². The van der Waals surface area contributed by atoms with Crippen molar-refractivity contribution in [2.24, 2.45) is 0 Å². The van der Waals surface area contributed by atoms with E-state index in [1.165, 1.54) is 11.1 Å². The summed E-state index contributed by atoms with van der Waals surface area (Å²) in [7, 11) is 0. The zero-order valence-electron chi connectivity index (χ0n) is 18.1. The second-order valence-electron chi connectivity index (χ2n) is 8.84. The zero-order chi connectivity index (χ0) is 21.9. The predicted molar refractivity (Wildman–Crippen MR) is 131 cm³/mol. The Balaban J connectivity index is 1.48. The molecule has 0 unspecified atom stereocenters. The third kappa shape index (κ3) is 4.13. The fourth-order valence-electron chi connectivity index (χ4n) is 5.07. The van der Waals surface area contributed by atoms with Gasteiger partial charge in [0.05, 0.1) is 0 Å². The number of hydrogen-bond donors (Lipinski definition) is 2. The van der Waals surface area contributed by atoms with Crippen molar-refractivity contribution in [3.8, 4) is 33.8 Å². The highest BCUT2D eigenvalue weighted by Crippen LogP contribution is 2.45. The number of aromatic hydroxyl groups is 2. The van der Waals surface area contributed by atoms with E-state index in [2.05, 4.69) is 48.5 Å². The molecule has 1 saturated carbocycles. The van der Waals surface area contributed by atoms with Crippen LogP contribution in [0.3, 0.4) is 0 Å². The molecule has 0 bridgehead atoms. The van der Waals surface area contributed by atoms with Crippen LogP contribution in [-0.2, 0) is 0 Å². The number of hydrogen-bond acceptors (Lipinski definition) is 2. The lowest BCUT2D eigenvalue weighted by Gasteiger charge is -2.30. The Kier molecular flexibility index (Phi) is 5.68. The van der Waals surface area contributed by atoms with Crippen molar-refractivity contribution in [3.05, 3.63) is 108 Å². The first-order valence-corrected chi connectivity index (χ1v) is 11.5. The molecule has 5 rings (SSSR count). The maximum absolute atomic E-state index is 11.2. The first-order chi connectivity index (χ1) is 15.7.